The Morgan fingerprint density at radius 2 is 1.70 bits per heavy atom. The van der Waals surface area contributed by atoms with E-state index in [0.29, 0.717) is 23.6 Å². The number of amides is 1. The number of hydrogen-bond donors (Lipinski definition) is 1. The highest BCUT2D eigenvalue weighted by Gasteiger charge is 2.26. The summed E-state index contributed by atoms with van der Waals surface area (Å²) in [5, 5.41) is 7.47. The van der Waals surface area contributed by atoms with Crippen molar-refractivity contribution in [2.45, 2.75) is 19.0 Å². The molecule has 0 spiro atoms. The van der Waals surface area contributed by atoms with E-state index in [1.807, 2.05) is 54.6 Å². The summed E-state index contributed by atoms with van der Waals surface area (Å²) in [6.45, 7) is 2.40. The van der Waals surface area contributed by atoms with Gasteiger partial charge in [0.25, 0.3) is 5.91 Å². The third-order valence-corrected chi connectivity index (χ3v) is 6.79. The van der Waals surface area contributed by atoms with Crippen molar-refractivity contribution in [1.29, 1.82) is 0 Å². The third-order valence-electron chi connectivity index (χ3n) is 6.09. The number of hydrogen-bond acceptors (Lipinski definition) is 4. The van der Waals surface area contributed by atoms with Gasteiger partial charge in [0, 0.05) is 19.6 Å². The first-order valence-electron chi connectivity index (χ1n) is 11.2. The first kappa shape index (κ1) is 21.4. The summed E-state index contributed by atoms with van der Waals surface area (Å²) < 4.78 is 6.00. The van der Waals surface area contributed by atoms with Crippen molar-refractivity contribution in [3.05, 3.63) is 118 Å². The molecule has 0 bridgehead atoms. The standard InChI is InChI=1S/C28H26N2O2S/c31-28(25-12-6-7-13-27(25)32-24-10-2-1-3-11-24)29-18-26(23-15-17-33-20-23)30-16-14-21-8-4-5-9-22(21)19-30/h1-13,15,17,20,26H,14,16,18-19H2,(H,29,31). The second-order valence-corrected chi connectivity index (χ2v) is 8.96. The lowest BCUT2D eigenvalue weighted by atomic mass is 9.97. The van der Waals surface area contributed by atoms with Gasteiger partial charge >= 0.3 is 0 Å². The van der Waals surface area contributed by atoms with E-state index in [0.717, 1.165) is 19.5 Å². The molecule has 1 aliphatic rings. The van der Waals surface area contributed by atoms with Crippen LogP contribution in [0.1, 0.15) is 33.1 Å². The number of thiophene rings is 1. The van der Waals surface area contributed by atoms with Gasteiger partial charge in [-0.25, -0.2) is 0 Å². The molecule has 4 nitrogen and oxygen atoms in total. The lowest BCUT2D eigenvalue weighted by Crippen LogP contribution is -2.40. The van der Waals surface area contributed by atoms with Crippen molar-refractivity contribution < 1.29 is 9.53 Å². The molecule has 5 heteroatoms. The molecule has 1 atom stereocenters. The molecule has 1 amide bonds. The van der Waals surface area contributed by atoms with Gasteiger partial charge < -0.3 is 10.1 Å². The van der Waals surface area contributed by atoms with Gasteiger partial charge in [-0.3, -0.25) is 9.69 Å². The first-order chi connectivity index (χ1) is 16.3. The van der Waals surface area contributed by atoms with Crippen molar-refractivity contribution in [3.63, 3.8) is 0 Å². The number of fused-ring (bicyclic) bond motifs is 1. The number of rotatable bonds is 7. The van der Waals surface area contributed by atoms with Crippen molar-refractivity contribution in [3.8, 4) is 11.5 Å². The van der Waals surface area contributed by atoms with Gasteiger partial charge in [0.1, 0.15) is 11.5 Å². The molecule has 1 aliphatic heterocycles. The van der Waals surface area contributed by atoms with Crippen LogP contribution in [-0.4, -0.2) is 23.9 Å². The Kier molecular flexibility index (Phi) is 6.51. The van der Waals surface area contributed by atoms with Gasteiger partial charge in [-0.15, -0.1) is 0 Å². The van der Waals surface area contributed by atoms with Crippen LogP contribution in [0.2, 0.25) is 0 Å². The van der Waals surface area contributed by atoms with E-state index >= 15 is 0 Å². The van der Waals surface area contributed by atoms with Gasteiger partial charge in [0.05, 0.1) is 11.6 Å². The maximum Gasteiger partial charge on any atom is 0.255 e. The zero-order valence-electron chi connectivity index (χ0n) is 18.3. The van der Waals surface area contributed by atoms with Crippen LogP contribution in [0.3, 0.4) is 0 Å². The van der Waals surface area contributed by atoms with E-state index in [1.54, 1.807) is 11.3 Å². The maximum absolute atomic E-state index is 13.2. The minimum Gasteiger partial charge on any atom is -0.457 e. The zero-order valence-corrected chi connectivity index (χ0v) is 19.1. The second kappa shape index (κ2) is 10.0. The molecule has 1 unspecified atom stereocenters. The highest BCUT2D eigenvalue weighted by Crippen LogP contribution is 2.29. The fourth-order valence-electron chi connectivity index (χ4n) is 4.35. The monoisotopic (exact) mass is 454 g/mol. The first-order valence-corrected chi connectivity index (χ1v) is 12.2. The summed E-state index contributed by atoms with van der Waals surface area (Å²) in [7, 11) is 0. The molecule has 33 heavy (non-hydrogen) atoms. The quantitative estimate of drug-likeness (QED) is 0.368. The normalized spacial score (nSPS) is 14.3. The summed E-state index contributed by atoms with van der Waals surface area (Å²) in [4.78, 5) is 15.7. The predicted molar refractivity (Wildman–Crippen MR) is 133 cm³/mol. The molecule has 166 valence electrons. The minimum atomic E-state index is -0.126. The lowest BCUT2D eigenvalue weighted by molar-refractivity contribution is 0.0925. The van der Waals surface area contributed by atoms with Crippen LogP contribution >= 0.6 is 11.3 Å². The molecule has 5 rings (SSSR count). The fourth-order valence-corrected chi connectivity index (χ4v) is 5.06. The van der Waals surface area contributed by atoms with E-state index in [2.05, 4.69) is 51.3 Å². The number of benzene rings is 3. The van der Waals surface area contributed by atoms with Crippen molar-refractivity contribution in [2.24, 2.45) is 0 Å². The number of nitrogens with one attached hydrogen (secondary N) is 1. The fraction of sp³-hybridized carbons (Fsp3) is 0.179. The van der Waals surface area contributed by atoms with Gasteiger partial charge in [0.2, 0.25) is 0 Å². The zero-order chi connectivity index (χ0) is 22.5. The second-order valence-electron chi connectivity index (χ2n) is 8.18. The Balaban J connectivity index is 1.32. The number of nitrogens with zero attached hydrogens (tertiary/aromatic N) is 1. The molecule has 4 aromatic rings. The Morgan fingerprint density at radius 1 is 0.939 bits per heavy atom. The highest BCUT2D eigenvalue weighted by molar-refractivity contribution is 7.08. The Morgan fingerprint density at radius 3 is 2.52 bits per heavy atom. The molecule has 0 saturated heterocycles. The number of para-hydroxylation sites is 2. The molecular weight excluding hydrogens is 428 g/mol. The number of ether oxygens (including phenoxy) is 1. The third kappa shape index (κ3) is 5.00. The molecule has 1 N–H and O–H groups in total. The summed E-state index contributed by atoms with van der Waals surface area (Å²) in [6, 6.07) is 27.9. The summed E-state index contributed by atoms with van der Waals surface area (Å²) in [5.41, 5.74) is 4.58. The predicted octanol–water partition coefficient (Wildman–Crippen LogP) is 6.07. The van der Waals surface area contributed by atoms with E-state index in [1.165, 1.54) is 16.7 Å². The van der Waals surface area contributed by atoms with Gasteiger partial charge in [-0.1, -0.05) is 54.6 Å². The van der Waals surface area contributed by atoms with Gasteiger partial charge in [0.15, 0.2) is 0 Å². The molecule has 0 radical (unpaired) electrons. The molecule has 2 heterocycles. The lowest BCUT2D eigenvalue weighted by Gasteiger charge is -2.35. The Bertz CT molecular complexity index is 1210. The Labute approximate surface area is 198 Å². The molecule has 1 aromatic heterocycles. The van der Waals surface area contributed by atoms with E-state index < -0.39 is 0 Å². The van der Waals surface area contributed by atoms with Crippen molar-refractivity contribution in [2.75, 3.05) is 13.1 Å². The largest absolute Gasteiger partial charge is 0.457 e. The van der Waals surface area contributed by atoms with Crippen LogP contribution in [0, 0.1) is 0 Å². The number of carbonyl (C=O) groups is 1. The molecular formula is C28H26N2O2S. The van der Waals surface area contributed by atoms with Crippen molar-refractivity contribution in [1.82, 2.24) is 10.2 Å². The van der Waals surface area contributed by atoms with Crippen LogP contribution in [0.4, 0.5) is 0 Å². The van der Waals surface area contributed by atoms with Crippen molar-refractivity contribution >= 4 is 17.2 Å². The number of carbonyl (C=O) groups excluding carboxylic acids is 1. The van der Waals surface area contributed by atoms with Crippen LogP contribution in [0.5, 0.6) is 11.5 Å². The van der Waals surface area contributed by atoms with Crippen LogP contribution in [0.15, 0.2) is 95.7 Å². The smallest absolute Gasteiger partial charge is 0.255 e. The average molecular weight is 455 g/mol. The summed E-state index contributed by atoms with van der Waals surface area (Å²) >= 11 is 1.69. The molecule has 0 saturated carbocycles. The SMILES string of the molecule is O=C(NCC(c1ccsc1)N1CCc2ccccc2C1)c1ccccc1Oc1ccccc1. The minimum absolute atomic E-state index is 0.121. The summed E-state index contributed by atoms with van der Waals surface area (Å²) in [6.07, 6.45) is 1.03. The summed E-state index contributed by atoms with van der Waals surface area (Å²) in [5.74, 6) is 1.14. The maximum atomic E-state index is 13.2. The highest BCUT2D eigenvalue weighted by atomic mass is 32.1. The van der Waals surface area contributed by atoms with Crippen LogP contribution in [-0.2, 0) is 13.0 Å². The van der Waals surface area contributed by atoms with E-state index in [4.69, 9.17) is 4.74 Å². The Hall–Kier alpha value is -3.41. The van der Waals surface area contributed by atoms with E-state index in [-0.39, 0.29) is 11.9 Å². The van der Waals surface area contributed by atoms with Crippen LogP contribution < -0.4 is 10.1 Å². The van der Waals surface area contributed by atoms with E-state index in [9.17, 15) is 4.79 Å². The average Bonchev–Trinajstić information content (AvgIpc) is 3.40. The topological polar surface area (TPSA) is 41.6 Å². The van der Waals surface area contributed by atoms with Crippen LogP contribution in [0.25, 0.3) is 0 Å². The van der Waals surface area contributed by atoms with Gasteiger partial charge in [-0.2, -0.15) is 11.3 Å². The molecule has 3 aromatic carbocycles. The van der Waals surface area contributed by atoms with Gasteiger partial charge in [-0.05, 0) is 64.2 Å². The molecule has 0 fully saturated rings. The molecule has 0 aliphatic carbocycles.